The van der Waals surface area contributed by atoms with Crippen molar-refractivity contribution < 1.29 is 14.7 Å². The Morgan fingerprint density at radius 2 is 2.25 bits per heavy atom. The number of hydrogen-bond donors (Lipinski definition) is 2. The van der Waals surface area contributed by atoms with Gasteiger partial charge in [-0.1, -0.05) is 46.0 Å². The maximum atomic E-state index is 11.7. The SMILES string of the molecule is O=C(O)CCc1ccc(Br)cc1/C=C1\SC(=S)NC1=O. The second-order valence-electron chi connectivity index (χ2n) is 4.09. The molecule has 1 aliphatic heterocycles. The molecule has 1 aromatic carbocycles. The number of rotatable bonds is 4. The Hall–Kier alpha value is -1.18. The number of hydrogen-bond acceptors (Lipinski definition) is 4. The van der Waals surface area contributed by atoms with Gasteiger partial charge in [0.25, 0.3) is 5.91 Å². The molecular weight excluding hydrogens is 362 g/mol. The summed E-state index contributed by atoms with van der Waals surface area (Å²) in [6.07, 6.45) is 2.20. The fourth-order valence-electron chi connectivity index (χ4n) is 1.73. The molecule has 4 nitrogen and oxygen atoms in total. The first kappa shape index (κ1) is 15.2. The van der Waals surface area contributed by atoms with Crippen molar-refractivity contribution in [2.45, 2.75) is 12.8 Å². The molecule has 2 rings (SSSR count). The molecule has 7 heteroatoms. The van der Waals surface area contributed by atoms with Gasteiger partial charge in [-0.2, -0.15) is 0 Å². The Kier molecular flexibility index (Phi) is 4.95. The number of amides is 1. The minimum atomic E-state index is -0.847. The van der Waals surface area contributed by atoms with Crippen LogP contribution in [0.15, 0.2) is 27.6 Å². The Morgan fingerprint density at radius 3 is 2.85 bits per heavy atom. The van der Waals surface area contributed by atoms with Crippen molar-refractivity contribution in [1.82, 2.24) is 5.32 Å². The summed E-state index contributed by atoms with van der Waals surface area (Å²) >= 11 is 9.52. The number of carboxylic acids is 1. The van der Waals surface area contributed by atoms with Crippen LogP contribution in [0, 0.1) is 0 Å². The number of carboxylic acid groups (broad SMARTS) is 1. The molecule has 1 aliphatic rings. The highest BCUT2D eigenvalue weighted by Crippen LogP contribution is 2.28. The van der Waals surface area contributed by atoms with Crippen LogP contribution in [0.3, 0.4) is 0 Å². The lowest BCUT2D eigenvalue weighted by Crippen LogP contribution is -2.17. The summed E-state index contributed by atoms with van der Waals surface area (Å²) in [5, 5.41) is 11.3. The normalized spacial score (nSPS) is 16.6. The topological polar surface area (TPSA) is 66.4 Å². The lowest BCUT2D eigenvalue weighted by Gasteiger charge is -2.06. The Labute approximate surface area is 133 Å². The number of benzene rings is 1. The fourth-order valence-corrected chi connectivity index (χ4v) is 3.15. The Balaban J connectivity index is 2.32. The van der Waals surface area contributed by atoms with E-state index in [4.69, 9.17) is 17.3 Å². The van der Waals surface area contributed by atoms with Crippen LogP contribution in [0.4, 0.5) is 0 Å². The van der Waals surface area contributed by atoms with E-state index < -0.39 is 5.97 Å². The van der Waals surface area contributed by atoms with Crippen molar-refractivity contribution in [2.24, 2.45) is 0 Å². The van der Waals surface area contributed by atoms with Gasteiger partial charge in [0.05, 0.1) is 4.91 Å². The number of aliphatic carboxylic acids is 1. The molecule has 0 unspecified atom stereocenters. The highest BCUT2D eigenvalue weighted by atomic mass is 79.9. The van der Waals surface area contributed by atoms with Crippen LogP contribution in [0.25, 0.3) is 6.08 Å². The van der Waals surface area contributed by atoms with E-state index in [9.17, 15) is 9.59 Å². The van der Waals surface area contributed by atoms with Gasteiger partial charge in [0.1, 0.15) is 4.32 Å². The summed E-state index contributed by atoms with van der Waals surface area (Å²) < 4.78 is 1.30. The Morgan fingerprint density at radius 1 is 1.50 bits per heavy atom. The highest BCUT2D eigenvalue weighted by molar-refractivity contribution is 9.10. The molecule has 1 amide bonds. The number of carbonyl (C=O) groups is 2. The van der Waals surface area contributed by atoms with E-state index in [0.717, 1.165) is 15.6 Å². The largest absolute Gasteiger partial charge is 0.481 e. The monoisotopic (exact) mass is 371 g/mol. The molecule has 0 aromatic heterocycles. The third-order valence-electron chi connectivity index (χ3n) is 2.64. The van der Waals surface area contributed by atoms with Crippen LogP contribution in [-0.2, 0) is 16.0 Å². The average molecular weight is 372 g/mol. The third kappa shape index (κ3) is 3.91. The number of thioether (sulfide) groups is 1. The van der Waals surface area contributed by atoms with E-state index in [0.29, 0.717) is 15.6 Å². The second-order valence-corrected chi connectivity index (χ2v) is 6.72. The first-order valence-corrected chi connectivity index (χ1v) is 7.72. The smallest absolute Gasteiger partial charge is 0.303 e. The van der Waals surface area contributed by atoms with Gasteiger partial charge in [-0.15, -0.1) is 0 Å². The minimum absolute atomic E-state index is 0.0511. The van der Waals surface area contributed by atoms with Crippen LogP contribution in [0.5, 0.6) is 0 Å². The molecule has 0 aliphatic carbocycles. The van der Waals surface area contributed by atoms with Crippen LogP contribution in [-0.4, -0.2) is 21.3 Å². The van der Waals surface area contributed by atoms with Crippen molar-refractivity contribution in [2.75, 3.05) is 0 Å². The van der Waals surface area contributed by atoms with Crippen molar-refractivity contribution in [3.05, 3.63) is 38.7 Å². The first-order valence-electron chi connectivity index (χ1n) is 5.71. The zero-order valence-electron chi connectivity index (χ0n) is 10.2. The van der Waals surface area contributed by atoms with Gasteiger partial charge in [0.2, 0.25) is 0 Å². The summed E-state index contributed by atoms with van der Waals surface area (Å²) in [5.74, 6) is -1.06. The maximum Gasteiger partial charge on any atom is 0.303 e. The molecule has 0 bridgehead atoms. The van der Waals surface area contributed by atoms with Gasteiger partial charge in [-0.25, -0.2) is 0 Å². The summed E-state index contributed by atoms with van der Waals surface area (Å²) in [7, 11) is 0. The van der Waals surface area contributed by atoms with E-state index in [2.05, 4.69) is 21.2 Å². The maximum absolute atomic E-state index is 11.7. The standard InChI is InChI=1S/C13H10BrNO3S2/c14-9-3-1-7(2-4-11(16)17)8(5-9)6-10-12(18)15-13(19)20-10/h1,3,5-6H,2,4H2,(H,16,17)(H,15,18,19)/b10-6-. The van der Waals surface area contributed by atoms with Crippen LogP contribution in [0.2, 0.25) is 0 Å². The molecule has 0 spiro atoms. The summed E-state index contributed by atoms with van der Waals surface area (Å²) in [5.41, 5.74) is 1.71. The van der Waals surface area contributed by atoms with Crippen LogP contribution in [0.1, 0.15) is 17.5 Å². The predicted molar refractivity (Wildman–Crippen MR) is 86.4 cm³/mol. The molecule has 104 valence electrons. The van der Waals surface area contributed by atoms with Crippen molar-refractivity contribution in [1.29, 1.82) is 0 Å². The van der Waals surface area contributed by atoms with Gasteiger partial charge >= 0.3 is 5.97 Å². The van der Waals surface area contributed by atoms with Crippen molar-refractivity contribution >= 4 is 62.2 Å². The molecule has 2 N–H and O–H groups in total. The summed E-state index contributed by atoms with van der Waals surface area (Å²) in [6, 6.07) is 5.57. The van der Waals surface area contributed by atoms with Gasteiger partial charge in [0, 0.05) is 10.9 Å². The van der Waals surface area contributed by atoms with E-state index >= 15 is 0 Å². The molecule has 1 heterocycles. The molecule has 0 saturated carbocycles. The molecule has 1 aromatic rings. The second kappa shape index (κ2) is 6.51. The zero-order chi connectivity index (χ0) is 14.7. The lowest BCUT2D eigenvalue weighted by atomic mass is 10.0. The summed E-state index contributed by atoms with van der Waals surface area (Å²) in [4.78, 5) is 22.9. The average Bonchev–Trinajstić information content (AvgIpc) is 2.66. The van der Waals surface area contributed by atoms with E-state index in [1.165, 1.54) is 11.8 Å². The van der Waals surface area contributed by atoms with Crippen molar-refractivity contribution in [3.8, 4) is 0 Å². The highest BCUT2D eigenvalue weighted by Gasteiger charge is 2.22. The number of halogens is 1. The molecule has 0 radical (unpaired) electrons. The third-order valence-corrected chi connectivity index (χ3v) is 4.30. The molecule has 1 fully saturated rings. The quantitative estimate of drug-likeness (QED) is 0.629. The predicted octanol–water partition coefficient (Wildman–Crippen LogP) is 2.96. The number of carbonyl (C=O) groups excluding carboxylic acids is 1. The number of thiocarbonyl (C=S) groups is 1. The van der Waals surface area contributed by atoms with Gasteiger partial charge < -0.3 is 10.4 Å². The number of aryl methyl sites for hydroxylation is 1. The first-order chi connectivity index (χ1) is 9.45. The van der Waals surface area contributed by atoms with Gasteiger partial charge in [-0.05, 0) is 35.8 Å². The Bertz CT molecular complexity index is 628. The minimum Gasteiger partial charge on any atom is -0.481 e. The van der Waals surface area contributed by atoms with Crippen molar-refractivity contribution in [3.63, 3.8) is 0 Å². The molecular formula is C13H10BrNO3S2. The zero-order valence-corrected chi connectivity index (χ0v) is 13.4. The van der Waals surface area contributed by atoms with Gasteiger partial charge in [-0.3, -0.25) is 9.59 Å². The molecule has 20 heavy (non-hydrogen) atoms. The summed E-state index contributed by atoms with van der Waals surface area (Å²) in [6.45, 7) is 0. The molecule has 0 atom stereocenters. The fraction of sp³-hybridized carbons (Fsp3) is 0.154. The van der Waals surface area contributed by atoms with E-state index in [-0.39, 0.29) is 12.3 Å². The van der Waals surface area contributed by atoms with Gasteiger partial charge in [0.15, 0.2) is 0 Å². The van der Waals surface area contributed by atoms with Crippen LogP contribution >= 0.6 is 39.9 Å². The molecule has 1 saturated heterocycles. The van der Waals surface area contributed by atoms with E-state index in [1.54, 1.807) is 6.08 Å². The van der Waals surface area contributed by atoms with E-state index in [1.807, 2.05) is 18.2 Å². The lowest BCUT2D eigenvalue weighted by molar-refractivity contribution is -0.137. The van der Waals surface area contributed by atoms with Crippen LogP contribution < -0.4 is 5.32 Å². The number of nitrogens with one attached hydrogen (secondary N) is 1.